The van der Waals surface area contributed by atoms with Gasteiger partial charge < -0.3 is 0 Å². The number of nitrogens with zero attached hydrogens (tertiary/aromatic N) is 2. The fourth-order valence-electron chi connectivity index (χ4n) is 1.55. The van der Waals surface area contributed by atoms with Crippen LogP contribution in [0.3, 0.4) is 0 Å². The zero-order valence-electron chi connectivity index (χ0n) is 11.7. The molecule has 0 N–H and O–H groups in total. The lowest BCUT2D eigenvalue weighted by Crippen LogP contribution is -2.15. The Kier molecular flexibility index (Phi) is 5.46. The molecule has 102 valence electrons. The predicted octanol–water partition coefficient (Wildman–Crippen LogP) is 3.39. The first-order chi connectivity index (χ1) is 8.24. The van der Waals surface area contributed by atoms with Crippen molar-refractivity contribution in [3.8, 4) is 0 Å². The molecule has 3 nitrogen and oxygen atoms in total. The SMILES string of the molecule is CCc1nn(C)c(CC(=O)CSC(C)(C)C)c1Br. The number of aromatic nitrogens is 2. The summed E-state index contributed by atoms with van der Waals surface area (Å²) in [6.07, 6.45) is 1.33. The fraction of sp³-hybridized carbons (Fsp3) is 0.692. The van der Waals surface area contributed by atoms with Crippen molar-refractivity contribution >= 4 is 33.5 Å². The van der Waals surface area contributed by atoms with E-state index in [1.807, 2.05) is 11.7 Å². The molecule has 0 aromatic carbocycles. The average molecular weight is 333 g/mol. The Hall–Kier alpha value is -0.290. The van der Waals surface area contributed by atoms with E-state index in [0.29, 0.717) is 12.2 Å². The van der Waals surface area contributed by atoms with E-state index in [2.05, 4.69) is 48.7 Å². The van der Waals surface area contributed by atoms with Gasteiger partial charge in [-0.25, -0.2) is 0 Å². The Morgan fingerprint density at radius 1 is 1.44 bits per heavy atom. The van der Waals surface area contributed by atoms with Crippen LogP contribution in [0.2, 0.25) is 0 Å². The van der Waals surface area contributed by atoms with Crippen LogP contribution < -0.4 is 0 Å². The first-order valence-corrected chi connectivity index (χ1v) is 7.88. The molecule has 1 aromatic rings. The lowest BCUT2D eigenvalue weighted by molar-refractivity contribution is -0.116. The molecule has 0 amide bonds. The summed E-state index contributed by atoms with van der Waals surface area (Å²) in [6.45, 7) is 8.44. The van der Waals surface area contributed by atoms with Crippen molar-refractivity contribution in [2.45, 2.75) is 45.3 Å². The number of hydrogen-bond acceptors (Lipinski definition) is 3. The number of carbonyl (C=O) groups excluding carboxylic acids is 1. The smallest absolute Gasteiger partial charge is 0.148 e. The van der Waals surface area contributed by atoms with E-state index in [-0.39, 0.29) is 10.5 Å². The number of rotatable bonds is 5. The fourth-order valence-corrected chi connectivity index (χ4v) is 3.00. The molecule has 0 radical (unpaired) electrons. The summed E-state index contributed by atoms with van der Waals surface area (Å²) in [5.41, 5.74) is 2.00. The molecule has 0 aliphatic heterocycles. The summed E-state index contributed by atoms with van der Waals surface area (Å²) in [5.74, 6) is 0.809. The van der Waals surface area contributed by atoms with Crippen LogP contribution in [0.5, 0.6) is 0 Å². The molecule has 0 aliphatic rings. The van der Waals surface area contributed by atoms with Crippen LogP contribution in [-0.2, 0) is 24.7 Å². The highest BCUT2D eigenvalue weighted by atomic mass is 79.9. The topological polar surface area (TPSA) is 34.9 Å². The second-order valence-corrected chi connectivity index (χ2v) is 7.90. The van der Waals surface area contributed by atoms with Gasteiger partial charge in [-0.15, -0.1) is 11.8 Å². The van der Waals surface area contributed by atoms with Gasteiger partial charge >= 0.3 is 0 Å². The van der Waals surface area contributed by atoms with Crippen LogP contribution in [0.25, 0.3) is 0 Å². The summed E-state index contributed by atoms with van der Waals surface area (Å²) in [5, 5.41) is 4.40. The van der Waals surface area contributed by atoms with Gasteiger partial charge in [0.2, 0.25) is 0 Å². The minimum atomic E-state index is 0.133. The van der Waals surface area contributed by atoms with E-state index in [1.165, 1.54) is 0 Å². The van der Waals surface area contributed by atoms with E-state index >= 15 is 0 Å². The van der Waals surface area contributed by atoms with Gasteiger partial charge in [0.15, 0.2) is 0 Å². The van der Waals surface area contributed by atoms with Gasteiger partial charge in [0, 0.05) is 11.8 Å². The Balaban J connectivity index is 2.68. The maximum atomic E-state index is 12.0. The minimum absolute atomic E-state index is 0.133. The lowest BCUT2D eigenvalue weighted by Gasteiger charge is -2.16. The van der Waals surface area contributed by atoms with Crippen LogP contribution in [0.15, 0.2) is 4.47 Å². The maximum Gasteiger partial charge on any atom is 0.148 e. The molecule has 0 spiro atoms. The number of aryl methyl sites for hydroxylation is 2. The number of halogens is 1. The van der Waals surface area contributed by atoms with E-state index in [4.69, 9.17) is 0 Å². The third-order valence-electron chi connectivity index (χ3n) is 2.53. The molecule has 1 heterocycles. The van der Waals surface area contributed by atoms with Gasteiger partial charge in [-0.2, -0.15) is 5.10 Å². The quantitative estimate of drug-likeness (QED) is 0.828. The normalized spacial score (nSPS) is 11.9. The van der Waals surface area contributed by atoms with Crippen LogP contribution in [0, 0.1) is 0 Å². The number of ketones is 1. The molecule has 18 heavy (non-hydrogen) atoms. The summed E-state index contributed by atoms with van der Waals surface area (Å²) in [7, 11) is 1.89. The molecule has 0 bridgehead atoms. The predicted molar refractivity (Wildman–Crippen MR) is 81.2 cm³/mol. The second-order valence-electron chi connectivity index (χ2n) is 5.30. The Labute approximate surface area is 122 Å². The Bertz CT molecular complexity index is 435. The maximum absolute atomic E-state index is 12.0. The largest absolute Gasteiger partial charge is 0.298 e. The summed E-state index contributed by atoms with van der Waals surface area (Å²) in [4.78, 5) is 12.0. The molecule has 0 unspecified atom stereocenters. The van der Waals surface area contributed by atoms with Crippen molar-refractivity contribution in [1.29, 1.82) is 0 Å². The third kappa shape index (κ3) is 4.43. The van der Waals surface area contributed by atoms with Gasteiger partial charge in [0.25, 0.3) is 0 Å². The van der Waals surface area contributed by atoms with Crippen LogP contribution >= 0.6 is 27.7 Å². The van der Waals surface area contributed by atoms with Crippen LogP contribution in [0.4, 0.5) is 0 Å². The lowest BCUT2D eigenvalue weighted by atomic mass is 10.2. The van der Waals surface area contributed by atoms with Crippen LogP contribution in [-0.4, -0.2) is 26.1 Å². The summed E-state index contributed by atoms with van der Waals surface area (Å²) < 4.78 is 2.93. The highest BCUT2D eigenvalue weighted by Gasteiger charge is 2.18. The molecule has 0 saturated heterocycles. The second kappa shape index (κ2) is 6.24. The number of thioether (sulfide) groups is 1. The Morgan fingerprint density at radius 3 is 2.50 bits per heavy atom. The molecular weight excluding hydrogens is 312 g/mol. The zero-order chi connectivity index (χ0) is 13.9. The van der Waals surface area contributed by atoms with Crippen molar-refractivity contribution in [2.75, 3.05) is 5.75 Å². The Morgan fingerprint density at radius 2 is 2.06 bits per heavy atom. The standard InChI is InChI=1S/C13H21BrN2OS/c1-6-10-12(14)11(16(5)15-10)7-9(17)8-18-13(2,3)4/h6-8H2,1-5H3. The molecular formula is C13H21BrN2OS. The minimum Gasteiger partial charge on any atom is -0.298 e. The number of hydrogen-bond donors (Lipinski definition) is 0. The monoisotopic (exact) mass is 332 g/mol. The molecule has 0 fully saturated rings. The molecule has 1 aromatic heterocycles. The molecule has 0 aliphatic carbocycles. The third-order valence-corrected chi connectivity index (χ3v) is 4.78. The van der Waals surface area contributed by atoms with Gasteiger partial charge in [0.1, 0.15) is 5.78 Å². The average Bonchev–Trinajstić information content (AvgIpc) is 2.53. The van der Waals surface area contributed by atoms with Gasteiger partial charge in [0.05, 0.1) is 28.0 Å². The molecule has 5 heteroatoms. The summed E-state index contributed by atoms with van der Waals surface area (Å²) >= 11 is 5.23. The number of carbonyl (C=O) groups is 1. The van der Waals surface area contributed by atoms with Crippen LogP contribution in [0.1, 0.15) is 39.1 Å². The first-order valence-electron chi connectivity index (χ1n) is 6.10. The van der Waals surface area contributed by atoms with Gasteiger partial charge in [-0.05, 0) is 22.4 Å². The van der Waals surface area contributed by atoms with Crippen molar-refractivity contribution in [3.63, 3.8) is 0 Å². The van der Waals surface area contributed by atoms with Crippen molar-refractivity contribution < 1.29 is 4.79 Å². The molecule has 0 saturated carbocycles. The zero-order valence-corrected chi connectivity index (χ0v) is 14.1. The molecule has 0 atom stereocenters. The highest BCUT2D eigenvalue weighted by molar-refractivity contribution is 9.10. The van der Waals surface area contributed by atoms with Crippen molar-refractivity contribution in [1.82, 2.24) is 9.78 Å². The van der Waals surface area contributed by atoms with Crippen molar-refractivity contribution in [3.05, 3.63) is 15.9 Å². The first kappa shape index (κ1) is 15.8. The van der Waals surface area contributed by atoms with Gasteiger partial charge in [-0.1, -0.05) is 27.7 Å². The summed E-state index contributed by atoms with van der Waals surface area (Å²) in [6, 6.07) is 0. The van der Waals surface area contributed by atoms with E-state index < -0.39 is 0 Å². The van der Waals surface area contributed by atoms with E-state index in [1.54, 1.807) is 11.8 Å². The van der Waals surface area contributed by atoms with Gasteiger partial charge in [-0.3, -0.25) is 9.48 Å². The highest BCUT2D eigenvalue weighted by Crippen LogP contribution is 2.25. The number of Topliss-reactive ketones (excluding diaryl/α,β-unsaturated/α-hetero) is 1. The molecule has 1 rings (SSSR count). The van der Waals surface area contributed by atoms with E-state index in [0.717, 1.165) is 22.3 Å². The van der Waals surface area contributed by atoms with Crippen molar-refractivity contribution in [2.24, 2.45) is 7.05 Å². The van der Waals surface area contributed by atoms with E-state index in [9.17, 15) is 4.79 Å².